The Bertz CT molecular complexity index is 497. The number of carbonyl (C=O) groups excluding carboxylic acids is 1. The molecule has 1 saturated heterocycles. The van der Waals surface area contributed by atoms with Gasteiger partial charge in [0.15, 0.2) is 5.69 Å². The summed E-state index contributed by atoms with van der Waals surface area (Å²) in [5, 5.41) is 14.8. The molecule has 2 rings (SSSR count). The maximum atomic E-state index is 12.4. The molecule has 0 spiro atoms. The van der Waals surface area contributed by atoms with Crippen molar-refractivity contribution in [1.82, 2.24) is 19.6 Å². The zero-order valence-corrected chi connectivity index (χ0v) is 12.8. The van der Waals surface area contributed by atoms with Crippen molar-refractivity contribution in [2.75, 3.05) is 33.7 Å². The molecule has 0 aliphatic carbocycles. The first kappa shape index (κ1) is 15.0. The third kappa shape index (κ3) is 3.02. The van der Waals surface area contributed by atoms with Crippen LogP contribution in [0.3, 0.4) is 0 Å². The highest BCUT2D eigenvalue weighted by Gasteiger charge is 2.39. The van der Waals surface area contributed by atoms with Crippen LogP contribution in [0, 0.1) is 6.92 Å². The summed E-state index contributed by atoms with van der Waals surface area (Å²) in [4.78, 5) is 16.1. The first-order valence-electron chi connectivity index (χ1n) is 7.05. The van der Waals surface area contributed by atoms with E-state index in [9.17, 15) is 9.90 Å². The molecule has 2 heterocycles. The maximum Gasteiger partial charge on any atom is 0.274 e. The lowest BCUT2D eigenvalue weighted by Crippen LogP contribution is -2.43. The van der Waals surface area contributed by atoms with Crippen molar-refractivity contribution in [2.45, 2.75) is 32.4 Å². The summed E-state index contributed by atoms with van der Waals surface area (Å²) >= 11 is 0. The summed E-state index contributed by atoms with van der Waals surface area (Å²) in [5.74, 6) is -0.0880. The third-order valence-electron chi connectivity index (χ3n) is 3.73. The molecule has 6 nitrogen and oxygen atoms in total. The number of nitrogens with zero attached hydrogens (tertiary/aromatic N) is 4. The zero-order chi connectivity index (χ0) is 14.9. The number of amides is 1. The topological polar surface area (TPSA) is 61.6 Å². The predicted molar refractivity (Wildman–Crippen MR) is 76.7 cm³/mol. The lowest BCUT2D eigenvalue weighted by molar-refractivity contribution is 0.0235. The fourth-order valence-electron chi connectivity index (χ4n) is 2.84. The minimum Gasteiger partial charge on any atom is -0.387 e. The highest BCUT2D eigenvalue weighted by atomic mass is 16.3. The van der Waals surface area contributed by atoms with Crippen molar-refractivity contribution in [3.05, 3.63) is 17.5 Å². The summed E-state index contributed by atoms with van der Waals surface area (Å²) in [6.07, 6.45) is 0.615. The minimum atomic E-state index is -0.804. The van der Waals surface area contributed by atoms with Gasteiger partial charge in [-0.15, -0.1) is 0 Å². The van der Waals surface area contributed by atoms with Crippen LogP contribution in [-0.2, 0) is 6.54 Å². The first-order chi connectivity index (χ1) is 9.34. The number of likely N-dealkylation sites (tertiary alicyclic amines) is 1. The second-order valence-electron chi connectivity index (χ2n) is 5.93. The smallest absolute Gasteiger partial charge is 0.274 e. The molecule has 1 unspecified atom stereocenters. The van der Waals surface area contributed by atoms with Gasteiger partial charge >= 0.3 is 0 Å². The minimum absolute atomic E-state index is 0.0880. The monoisotopic (exact) mass is 280 g/mol. The van der Waals surface area contributed by atoms with Gasteiger partial charge in [0.05, 0.1) is 12.1 Å². The van der Waals surface area contributed by atoms with Crippen LogP contribution >= 0.6 is 0 Å². The van der Waals surface area contributed by atoms with Crippen molar-refractivity contribution < 1.29 is 9.90 Å². The summed E-state index contributed by atoms with van der Waals surface area (Å²) in [6.45, 7) is 6.23. The summed E-state index contributed by atoms with van der Waals surface area (Å²) in [7, 11) is 3.85. The lowest BCUT2D eigenvalue weighted by Gasteiger charge is -2.26. The van der Waals surface area contributed by atoms with Gasteiger partial charge in [0.1, 0.15) is 0 Å². The van der Waals surface area contributed by atoms with Gasteiger partial charge in [-0.2, -0.15) is 5.10 Å². The van der Waals surface area contributed by atoms with E-state index in [0.717, 1.165) is 12.2 Å². The molecular weight excluding hydrogens is 256 g/mol. The van der Waals surface area contributed by atoms with Crippen LogP contribution in [0.2, 0.25) is 0 Å². The van der Waals surface area contributed by atoms with Gasteiger partial charge in [0.2, 0.25) is 0 Å². The Morgan fingerprint density at radius 2 is 2.25 bits per heavy atom. The number of β-amino-alcohol motifs (C(OH)–C–C–N with tert-alkyl or cyclic N) is 1. The molecule has 20 heavy (non-hydrogen) atoms. The van der Waals surface area contributed by atoms with Crippen molar-refractivity contribution in [3.63, 3.8) is 0 Å². The molecule has 1 aliphatic heterocycles. The van der Waals surface area contributed by atoms with Crippen molar-refractivity contribution in [3.8, 4) is 0 Å². The number of aryl methyl sites for hydroxylation is 2. The number of rotatable bonds is 4. The number of aliphatic hydroxyl groups is 1. The molecular formula is C14H24N4O2. The second kappa shape index (κ2) is 5.54. The molecule has 6 heteroatoms. The summed E-state index contributed by atoms with van der Waals surface area (Å²) < 4.78 is 1.81. The van der Waals surface area contributed by atoms with Crippen LogP contribution in [0.4, 0.5) is 0 Å². The van der Waals surface area contributed by atoms with Gasteiger partial charge in [-0.3, -0.25) is 9.48 Å². The molecule has 1 aromatic heterocycles. The molecule has 1 amide bonds. The van der Waals surface area contributed by atoms with Crippen molar-refractivity contribution >= 4 is 5.91 Å². The number of aromatic nitrogens is 2. The Balaban J connectivity index is 2.07. The van der Waals surface area contributed by atoms with Crippen LogP contribution in [-0.4, -0.2) is 69.9 Å². The van der Waals surface area contributed by atoms with Crippen molar-refractivity contribution in [2.24, 2.45) is 0 Å². The van der Waals surface area contributed by atoms with Gasteiger partial charge in [0, 0.05) is 25.3 Å². The zero-order valence-electron chi connectivity index (χ0n) is 12.8. The normalized spacial score (nSPS) is 22.8. The Labute approximate surface area is 120 Å². The number of likely N-dealkylation sites (N-methyl/N-ethyl adjacent to an activating group) is 1. The molecule has 0 bridgehead atoms. The maximum absolute atomic E-state index is 12.4. The quantitative estimate of drug-likeness (QED) is 0.864. The molecule has 112 valence electrons. The molecule has 0 aromatic carbocycles. The SMILES string of the molecule is CCn1nc(C(=O)N2CCC(O)(CN(C)C)C2)cc1C. The van der Waals surface area contributed by atoms with Crippen LogP contribution in [0.5, 0.6) is 0 Å². The molecule has 1 N–H and O–H groups in total. The molecule has 0 saturated carbocycles. The molecule has 1 fully saturated rings. The van der Waals surface area contributed by atoms with E-state index in [-0.39, 0.29) is 5.91 Å². The van der Waals surface area contributed by atoms with Crippen LogP contribution in [0.25, 0.3) is 0 Å². The molecule has 1 aromatic rings. The Hall–Kier alpha value is -1.40. The molecule has 0 radical (unpaired) electrons. The van der Waals surface area contributed by atoms with E-state index in [4.69, 9.17) is 0 Å². The van der Waals surface area contributed by atoms with Crippen molar-refractivity contribution in [1.29, 1.82) is 0 Å². The largest absolute Gasteiger partial charge is 0.387 e. The number of hydrogen-bond donors (Lipinski definition) is 1. The van der Waals surface area contributed by atoms with E-state index in [0.29, 0.717) is 31.7 Å². The van der Waals surface area contributed by atoms with Gasteiger partial charge in [0.25, 0.3) is 5.91 Å². The van der Waals surface area contributed by atoms with E-state index in [1.54, 1.807) is 4.90 Å². The Morgan fingerprint density at radius 3 is 2.80 bits per heavy atom. The summed E-state index contributed by atoms with van der Waals surface area (Å²) in [5.41, 5.74) is 0.652. The average molecular weight is 280 g/mol. The predicted octanol–water partition coefficient (Wildman–Crippen LogP) is 0.350. The van der Waals surface area contributed by atoms with E-state index in [1.165, 1.54) is 0 Å². The van der Waals surface area contributed by atoms with Crippen LogP contribution in [0.15, 0.2) is 6.07 Å². The van der Waals surface area contributed by atoms with Gasteiger partial charge < -0.3 is 14.9 Å². The second-order valence-corrected chi connectivity index (χ2v) is 5.93. The van der Waals surface area contributed by atoms with E-state index < -0.39 is 5.60 Å². The van der Waals surface area contributed by atoms with Crippen LogP contribution in [0.1, 0.15) is 29.5 Å². The van der Waals surface area contributed by atoms with Gasteiger partial charge in [-0.25, -0.2) is 0 Å². The third-order valence-corrected chi connectivity index (χ3v) is 3.73. The molecule has 1 aliphatic rings. The number of carbonyl (C=O) groups is 1. The summed E-state index contributed by atoms with van der Waals surface area (Å²) in [6, 6.07) is 1.81. The average Bonchev–Trinajstić information content (AvgIpc) is 2.91. The molecule has 1 atom stereocenters. The van der Waals surface area contributed by atoms with Gasteiger partial charge in [-0.1, -0.05) is 0 Å². The van der Waals surface area contributed by atoms with Crippen LogP contribution < -0.4 is 0 Å². The number of hydrogen-bond acceptors (Lipinski definition) is 4. The van der Waals surface area contributed by atoms with E-state index >= 15 is 0 Å². The van der Waals surface area contributed by atoms with E-state index in [1.807, 2.05) is 43.6 Å². The van der Waals surface area contributed by atoms with E-state index in [2.05, 4.69) is 5.10 Å². The highest BCUT2D eigenvalue weighted by Crippen LogP contribution is 2.23. The highest BCUT2D eigenvalue weighted by molar-refractivity contribution is 5.92. The fraction of sp³-hybridized carbons (Fsp3) is 0.714. The fourth-order valence-corrected chi connectivity index (χ4v) is 2.84. The Kier molecular flexibility index (Phi) is 4.15. The Morgan fingerprint density at radius 1 is 1.55 bits per heavy atom. The first-order valence-corrected chi connectivity index (χ1v) is 7.05. The lowest BCUT2D eigenvalue weighted by atomic mass is 10.0. The standard InChI is InChI=1S/C14H24N4O2/c1-5-18-11(2)8-12(15-18)13(19)17-7-6-14(20,10-17)9-16(3)4/h8,20H,5-7,9-10H2,1-4H3. The van der Waals surface area contributed by atoms with Gasteiger partial charge in [-0.05, 0) is 40.4 Å².